The van der Waals surface area contributed by atoms with Gasteiger partial charge in [0.05, 0.1) is 22.0 Å². The summed E-state index contributed by atoms with van der Waals surface area (Å²) < 4.78 is 75.9. The molecule has 6 rings (SSSR count). The van der Waals surface area contributed by atoms with E-state index in [2.05, 4.69) is 51.2 Å². The molecule has 2 heterocycles. The molecule has 0 spiro atoms. The molecule has 0 bridgehead atoms. The van der Waals surface area contributed by atoms with Crippen molar-refractivity contribution in [2.45, 2.75) is 61.5 Å². The number of aromatic nitrogens is 6. The van der Waals surface area contributed by atoms with Gasteiger partial charge in [-0.2, -0.15) is 29.9 Å². The van der Waals surface area contributed by atoms with E-state index in [0.29, 0.717) is 24.2 Å². The molecule has 20 nitrogen and oxygen atoms in total. The van der Waals surface area contributed by atoms with Gasteiger partial charge >= 0.3 is 59.1 Å². The minimum absolute atomic E-state index is 0. The van der Waals surface area contributed by atoms with Crippen LogP contribution in [0.15, 0.2) is 107 Å². The first-order valence-corrected chi connectivity index (χ1v) is 23.7. The molecule has 0 saturated carbocycles. The number of para-hydroxylation sites is 2. The van der Waals surface area contributed by atoms with Crippen LogP contribution in [0.3, 0.4) is 0 Å². The average molecular weight is 985 g/mol. The fourth-order valence-electron chi connectivity index (χ4n) is 6.61. The predicted octanol–water partition coefficient (Wildman–Crippen LogP) is 0.212. The maximum absolute atomic E-state index is 12.7. The van der Waals surface area contributed by atoms with Crippen LogP contribution in [0.25, 0.3) is 12.2 Å². The van der Waals surface area contributed by atoms with Crippen LogP contribution in [-0.4, -0.2) is 105 Å². The number of hydrogen-bond acceptors (Lipinski definition) is 20. The third kappa shape index (κ3) is 16.4. The van der Waals surface area contributed by atoms with Gasteiger partial charge in [0.1, 0.15) is 20.2 Å². The van der Waals surface area contributed by atoms with Crippen molar-refractivity contribution in [1.29, 1.82) is 0 Å². The van der Waals surface area contributed by atoms with Crippen molar-refractivity contribution < 1.29 is 95.3 Å². The average Bonchev–Trinajstić information content (AvgIpc) is 3.26. The van der Waals surface area contributed by atoms with Gasteiger partial charge in [-0.25, -0.2) is 16.8 Å². The number of benzene rings is 4. The molecule has 348 valence electrons. The van der Waals surface area contributed by atoms with Crippen molar-refractivity contribution in [2.24, 2.45) is 0 Å². The van der Waals surface area contributed by atoms with E-state index in [9.17, 15) is 36.2 Å². The summed E-state index contributed by atoms with van der Waals surface area (Å²) in [5.74, 6) is 0.638. The summed E-state index contributed by atoms with van der Waals surface area (Å²) in [5, 5.41) is 33.0. The van der Waals surface area contributed by atoms with E-state index >= 15 is 0 Å². The molecule has 2 aromatic heterocycles. The third-order valence-electron chi connectivity index (χ3n) is 9.72. The molecular weight excluding hydrogens is 935 g/mol. The monoisotopic (exact) mass is 984 g/mol. The molecule has 0 amide bonds. The summed E-state index contributed by atoms with van der Waals surface area (Å²) in [6, 6.07) is 25.9. The molecule has 24 heteroatoms. The van der Waals surface area contributed by atoms with Gasteiger partial charge in [-0.05, 0) is 72.5 Å². The second-order valence-corrected chi connectivity index (χ2v) is 17.9. The smallest absolute Gasteiger partial charge is 0.744 e. The Hall–Kier alpha value is -4.82. The zero-order valence-corrected chi connectivity index (χ0v) is 44.2. The van der Waals surface area contributed by atoms with Gasteiger partial charge in [-0.15, -0.1) is 0 Å². The van der Waals surface area contributed by atoms with Crippen molar-refractivity contribution in [2.75, 3.05) is 58.3 Å². The van der Waals surface area contributed by atoms with Crippen LogP contribution in [0.4, 0.5) is 58.4 Å². The molecule has 0 aliphatic heterocycles. The Morgan fingerprint density at radius 3 is 1.16 bits per heavy atom. The van der Waals surface area contributed by atoms with Gasteiger partial charge < -0.3 is 50.4 Å². The maximum atomic E-state index is 12.7. The second kappa shape index (κ2) is 25.7. The largest absolute Gasteiger partial charge is 1.00 e. The van der Waals surface area contributed by atoms with Gasteiger partial charge in [0.15, 0.2) is 0 Å². The van der Waals surface area contributed by atoms with Gasteiger partial charge in [0.25, 0.3) is 0 Å². The Morgan fingerprint density at radius 2 is 0.853 bits per heavy atom. The first kappa shape index (κ1) is 55.8. The molecule has 4 aromatic carbocycles. The minimum atomic E-state index is -5.14. The van der Waals surface area contributed by atoms with Crippen LogP contribution in [0.2, 0.25) is 0 Å². The van der Waals surface area contributed by atoms with E-state index in [0.717, 1.165) is 25.0 Å². The number of rotatable bonds is 22. The van der Waals surface area contributed by atoms with Crippen molar-refractivity contribution in [3.05, 3.63) is 108 Å². The standard InChI is InChI=1S/C44H52N12O8S2.2Na/c1-5-13-35(57)27-55(3)43-51-39(45-31-15-9-7-10-16-31)49-41(53-43)47-33-23-21-29(37(25-33)65(59,60)61)19-20-30-22-24-34(26-38(30)66(62,63)64)48-42-50-40(46-32-17-11-8-12-18-32)52-44(54-42)56(4)28-36(58)14-6-2;;/h7-12,15-26,35-36,57-58H,5-6,13-14,27-28H2,1-4H3,(H,59,60,61)(H,62,63,64)(H2,45,47,49,51,53)(H2,46,48,50,52,54);;/q;2*+1/p-2. The normalized spacial score (nSPS) is 12.3. The van der Waals surface area contributed by atoms with Crippen molar-refractivity contribution in [1.82, 2.24) is 29.9 Å². The minimum Gasteiger partial charge on any atom is -0.744 e. The zero-order valence-electron chi connectivity index (χ0n) is 38.5. The van der Waals surface area contributed by atoms with E-state index in [1.54, 1.807) is 48.2 Å². The molecular formula is C44H50N12Na2O8S2. The fourth-order valence-corrected chi connectivity index (χ4v) is 8.00. The molecule has 68 heavy (non-hydrogen) atoms. The van der Waals surface area contributed by atoms with Crippen molar-refractivity contribution >= 4 is 90.8 Å². The number of nitrogens with one attached hydrogen (secondary N) is 4. The molecule has 0 radical (unpaired) electrons. The number of aliphatic hydroxyl groups is 2. The molecule has 0 fully saturated rings. The fraction of sp³-hybridized carbons (Fsp3) is 0.273. The quantitative estimate of drug-likeness (QED) is 0.0301. The SMILES string of the molecule is CCCC(O)CN(C)c1nc(Nc2ccccc2)nc(Nc2ccc(C=Cc3ccc(Nc4nc(Nc5ccccc5)nc(N(C)CC(O)CCC)n4)cc3S(=O)(=O)[O-])c(S(=O)(=O)[O-])c2)n1.[Na+].[Na+]. The van der Waals surface area contributed by atoms with E-state index in [4.69, 9.17) is 0 Å². The van der Waals surface area contributed by atoms with Gasteiger partial charge in [-0.3, -0.25) is 0 Å². The number of anilines is 10. The summed E-state index contributed by atoms with van der Waals surface area (Å²) in [4.78, 5) is 28.8. The first-order valence-electron chi connectivity index (χ1n) is 20.8. The van der Waals surface area contributed by atoms with Crippen molar-refractivity contribution in [3.8, 4) is 0 Å². The van der Waals surface area contributed by atoms with Gasteiger partial charge in [-0.1, -0.05) is 87.4 Å². The predicted molar refractivity (Wildman–Crippen MR) is 252 cm³/mol. The number of aliphatic hydroxyl groups excluding tert-OH is 2. The van der Waals surface area contributed by atoms with Crippen LogP contribution in [-0.2, 0) is 20.2 Å². The Morgan fingerprint density at radius 1 is 0.529 bits per heavy atom. The van der Waals surface area contributed by atoms with Gasteiger partial charge in [0.2, 0.25) is 35.7 Å². The Balaban J connectivity index is 0.00000504. The van der Waals surface area contributed by atoms with Crippen molar-refractivity contribution in [3.63, 3.8) is 0 Å². The van der Waals surface area contributed by atoms with Crippen LogP contribution < -0.4 is 90.2 Å². The third-order valence-corrected chi connectivity index (χ3v) is 11.5. The van der Waals surface area contributed by atoms with E-state index in [-0.39, 0.29) is 130 Å². The number of hydrogen-bond donors (Lipinski definition) is 6. The van der Waals surface area contributed by atoms with Gasteiger partial charge in [0, 0.05) is 49.9 Å². The van der Waals surface area contributed by atoms with Crippen LogP contribution >= 0.6 is 0 Å². The molecule has 0 aliphatic rings. The van der Waals surface area contributed by atoms with E-state index in [1.807, 2.05) is 50.2 Å². The Kier molecular flexibility index (Phi) is 21.1. The molecule has 0 saturated heterocycles. The summed E-state index contributed by atoms with van der Waals surface area (Å²) >= 11 is 0. The zero-order chi connectivity index (χ0) is 47.4. The second-order valence-electron chi connectivity index (χ2n) is 15.2. The van der Waals surface area contributed by atoms with E-state index in [1.165, 1.54) is 36.4 Å². The summed E-state index contributed by atoms with van der Waals surface area (Å²) in [6.07, 6.45) is 3.75. The Bertz CT molecular complexity index is 2670. The van der Waals surface area contributed by atoms with Crippen LogP contribution in [0.1, 0.15) is 50.7 Å². The summed E-state index contributed by atoms with van der Waals surface area (Å²) in [5.41, 5.74) is 1.36. The summed E-state index contributed by atoms with van der Waals surface area (Å²) in [7, 11) is -6.87. The van der Waals surface area contributed by atoms with E-state index < -0.39 is 42.2 Å². The molecule has 2 atom stereocenters. The number of nitrogens with zero attached hydrogens (tertiary/aromatic N) is 8. The molecule has 2 unspecified atom stereocenters. The first-order chi connectivity index (χ1) is 31.5. The summed E-state index contributed by atoms with van der Waals surface area (Å²) in [6.45, 7) is 4.34. The number of likely N-dealkylation sites (N-methyl/N-ethyl adjacent to an activating group) is 2. The van der Waals surface area contributed by atoms with Crippen LogP contribution in [0.5, 0.6) is 0 Å². The molecule has 6 N–H and O–H groups in total. The van der Waals surface area contributed by atoms with Crippen LogP contribution in [0, 0.1) is 0 Å². The Labute approximate surface area is 440 Å². The topological polar surface area (TPSA) is 287 Å². The molecule has 0 aliphatic carbocycles. The maximum Gasteiger partial charge on any atom is 1.00 e. The molecule has 6 aromatic rings.